The van der Waals surface area contributed by atoms with Gasteiger partial charge in [0.05, 0.1) is 5.92 Å². The van der Waals surface area contributed by atoms with Gasteiger partial charge < -0.3 is 4.74 Å². The lowest BCUT2D eigenvalue weighted by atomic mass is 9.72. The van der Waals surface area contributed by atoms with Crippen LogP contribution < -0.4 is 0 Å². The highest BCUT2D eigenvalue weighted by Gasteiger charge is 2.42. The van der Waals surface area contributed by atoms with E-state index in [1.54, 1.807) is 0 Å². The third-order valence-corrected chi connectivity index (χ3v) is 5.17. The van der Waals surface area contributed by atoms with Crippen LogP contribution >= 0.6 is 0 Å². The van der Waals surface area contributed by atoms with Crippen LogP contribution in [0.4, 0.5) is 0 Å². The summed E-state index contributed by atoms with van der Waals surface area (Å²) in [6, 6.07) is 9.95. The van der Waals surface area contributed by atoms with E-state index < -0.39 is 0 Å². The molecule has 1 aromatic carbocycles. The van der Waals surface area contributed by atoms with Crippen LogP contribution in [-0.4, -0.2) is 5.97 Å². The van der Waals surface area contributed by atoms with Crippen LogP contribution in [0, 0.1) is 11.3 Å². The van der Waals surface area contributed by atoms with Crippen molar-refractivity contribution in [3.63, 3.8) is 0 Å². The van der Waals surface area contributed by atoms with Gasteiger partial charge in [0.25, 0.3) is 0 Å². The average molecular weight is 272 g/mol. The van der Waals surface area contributed by atoms with Crippen molar-refractivity contribution in [1.82, 2.24) is 0 Å². The van der Waals surface area contributed by atoms with E-state index in [1.807, 2.05) is 30.3 Å². The molecule has 0 saturated heterocycles. The maximum absolute atomic E-state index is 12.2. The summed E-state index contributed by atoms with van der Waals surface area (Å²) >= 11 is 0. The van der Waals surface area contributed by atoms with E-state index >= 15 is 0 Å². The van der Waals surface area contributed by atoms with Crippen LogP contribution in [-0.2, 0) is 16.1 Å². The van der Waals surface area contributed by atoms with E-state index in [0.29, 0.717) is 12.0 Å². The zero-order chi connectivity index (χ0) is 13.8. The zero-order valence-corrected chi connectivity index (χ0v) is 12.1. The van der Waals surface area contributed by atoms with Crippen molar-refractivity contribution in [2.24, 2.45) is 11.3 Å². The molecule has 2 heteroatoms. The van der Waals surface area contributed by atoms with Crippen LogP contribution in [0.5, 0.6) is 0 Å². The standard InChI is InChI=1S/C18H24O2/c19-17(20-14-15-7-3-1-4-8-15)16-9-12-18(13-16)10-5-2-6-11-18/h1,3-4,7-8,16H,2,5-6,9-14H2. The summed E-state index contributed by atoms with van der Waals surface area (Å²) < 4.78 is 5.51. The molecule has 1 unspecified atom stereocenters. The number of carbonyl (C=O) groups is 1. The van der Waals surface area contributed by atoms with Crippen molar-refractivity contribution in [3.05, 3.63) is 35.9 Å². The SMILES string of the molecule is O=C(OCc1ccccc1)C1CCC2(CCCCC2)C1. The fourth-order valence-corrected chi connectivity index (χ4v) is 4.01. The molecule has 0 aliphatic heterocycles. The third kappa shape index (κ3) is 3.05. The number of hydrogen-bond donors (Lipinski definition) is 0. The minimum absolute atomic E-state index is 0.0244. The topological polar surface area (TPSA) is 26.3 Å². The molecule has 1 spiro atoms. The first kappa shape index (κ1) is 13.7. The van der Waals surface area contributed by atoms with E-state index in [2.05, 4.69) is 0 Å². The summed E-state index contributed by atoms with van der Waals surface area (Å²) in [4.78, 5) is 12.2. The van der Waals surface area contributed by atoms with E-state index in [4.69, 9.17) is 4.74 Å². The molecule has 1 aromatic rings. The van der Waals surface area contributed by atoms with Gasteiger partial charge in [-0.25, -0.2) is 0 Å². The Hall–Kier alpha value is -1.31. The van der Waals surface area contributed by atoms with Crippen molar-refractivity contribution >= 4 is 5.97 Å². The summed E-state index contributed by atoms with van der Waals surface area (Å²) in [5, 5.41) is 0. The second kappa shape index (κ2) is 5.99. The Labute approximate surface area is 121 Å². The fraction of sp³-hybridized carbons (Fsp3) is 0.611. The zero-order valence-electron chi connectivity index (χ0n) is 12.1. The Kier molecular flexibility index (Phi) is 4.09. The van der Waals surface area contributed by atoms with Gasteiger partial charge in [0, 0.05) is 0 Å². The molecule has 2 aliphatic carbocycles. The van der Waals surface area contributed by atoms with Crippen LogP contribution in [0.2, 0.25) is 0 Å². The number of rotatable bonds is 3. The average Bonchev–Trinajstić information content (AvgIpc) is 2.90. The number of hydrogen-bond acceptors (Lipinski definition) is 2. The van der Waals surface area contributed by atoms with Gasteiger partial charge in [0.1, 0.15) is 6.61 Å². The van der Waals surface area contributed by atoms with E-state index in [1.165, 1.54) is 38.5 Å². The van der Waals surface area contributed by atoms with Crippen molar-refractivity contribution < 1.29 is 9.53 Å². The molecule has 0 bridgehead atoms. The number of ether oxygens (including phenoxy) is 1. The van der Waals surface area contributed by atoms with Crippen molar-refractivity contribution in [2.45, 2.75) is 58.0 Å². The van der Waals surface area contributed by atoms with E-state index in [-0.39, 0.29) is 11.9 Å². The second-order valence-corrected chi connectivity index (χ2v) is 6.59. The maximum atomic E-state index is 12.2. The minimum Gasteiger partial charge on any atom is -0.461 e. The van der Waals surface area contributed by atoms with E-state index in [9.17, 15) is 4.79 Å². The highest BCUT2D eigenvalue weighted by atomic mass is 16.5. The predicted molar refractivity (Wildman–Crippen MR) is 79.1 cm³/mol. The molecule has 0 aromatic heterocycles. The first-order valence-electron chi connectivity index (χ1n) is 7.98. The van der Waals surface area contributed by atoms with Crippen LogP contribution in [0.15, 0.2) is 30.3 Å². The van der Waals surface area contributed by atoms with Crippen LogP contribution in [0.25, 0.3) is 0 Å². The molecule has 20 heavy (non-hydrogen) atoms. The highest BCUT2D eigenvalue weighted by molar-refractivity contribution is 5.73. The van der Waals surface area contributed by atoms with E-state index in [0.717, 1.165) is 18.4 Å². The highest BCUT2D eigenvalue weighted by Crippen LogP contribution is 2.51. The second-order valence-electron chi connectivity index (χ2n) is 6.59. The molecule has 2 aliphatic rings. The molecule has 2 fully saturated rings. The Bertz CT molecular complexity index is 446. The lowest BCUT2D eigenvalue weighted by molar-refractivity contribution is -0.150. The quantitative estimate of drug-likeness (QED) is 0.758. The largest absolute Gasteiger partial charge is 0.461 e. The summed E-state index contributed by atoms with van der Waals surface area (Å²) in [5.74, 6) is 0.174. The lowest BCUT2D eigenvalue weighted by Gasteiger charge is -2.33. The summed E-state index contributed by atoms with van der Waals surface area (Å²) in [7, 11) is 0. The van der Waals surface area contributed by atoms with Crippen molar-refractivity contribution in [2.75, 3.05) is 0 Å². The Balaban J connectivity index is 1.51. The molecular weight excluding hydrogens is 248 g/mol. The van der Waals surface area contributed by atoms with Crippen molar-refractivity contribution in [3.8, 4) is 0 Å². The third-order valence-electron chi connectivity index (χ3n) is 5.17. The molecule has 0 amide bonds. The van der Waals surface area contributed by atoms with Crippen LogP contribution in [0.1, 0.15) is 56.9 Å². The molecular formula is C18H24O2. The first-order valence-corrected chi connectivity index (χ1v) is 7.98. The summed E-state index contributed by atoms with van der Waals surface area (Å²) in [5.41, 5.74) is 1.56. The van der Waals surface area contributed by atoms with Gasteiger partial charge in [-0.2, -0.15) is 0 Å². The molecule has 0 heterocycles. The molecule has 108 valence electrons. The van der Waals surface area contributed by atoms with Gasteiger partial charge in [-0.15, -0.1) is 0 Å². The Morgan fingerprint density at radius 2 is 1.85 bits per heavy atom. The molecule has 0 radical (unpaired) electrons. The maximum Gasteiger partial charge on any atom is 0.309 e. The monoisotopic (exact) mass is 272 g/mol. The van der Waals surface area contributed by atoms with Gasteiger partial charge >= 0.3 is 5.97 Å². The Morgan fingerprint density at radius 1 is 1.10 bits per heavy atom. The molecule has 2 nitrogen and oxygen atoms in total. The minimum atomic E-state index is 0.0244. The number of esters is 1. The van der Waals surface area contributed by atoms with Gasteiger partial charge in [0.2, 0.25) is 0 Å². The summed E-state index contributed by atoms with van der Waals surface area (Å²) in [6.07, 6.45) is 10.1. The first-order chi connectivity index (χ1) is 9.77. The predicted octanol–water partition coefficient (Wildman–Crippen LogP) is 4.48. The normalized spacial score (nSPS) is 24.7. The number of carbonyl (C=O) groups excluding carboxylic acids is 1. The van der Waals surface area contributed by atoms with Gasteiger partial charge in [0.15, 0.2) is 0 Å². The van der Waals surface area contributed by atoms with Gasteiger partial charge in [-0.05, 0) is 43.1 Å². The molecule has 2 saturated carbocycles. The smallest absolute Gasteiger partial charge is 0.309 e. The lowest BCUT2D eigenvalue weighted by Crippen LogP contribution is -2.22. The molecule has 0 N–H and O–H groups in total. The summed E-state index contributed by atoms with van der Waals surface area (Å²) in [6.45, 7) is 0.420. The van der Waals surface area contributed by atoms with Gasteiger partial charge in [-0.1, -0.05) is 49.6 Å². The molecule has 1 atom stereocenters. The molecule has 3 rings (SSSR count). The Morgan fingerprint density at radius 3 is 2.60 bits per heavy atom. The fourth-order valence-electron chi connectivity index (χ4n) is 4.01. The van der Waals surface area contributed by atoms with Crippen LogP contribution in [0.3, 0.4) is 0 Å². The van der Waals surface area contributed by atoms with Gasteiger partial charge in [-0.3, -0.25) is 4.79 Å². The van der Waals surface area contributed by atoms with Crippen molar-refractivity contribution in [1.29, 1.82) is 0 Å². The number of benzene rings is 1.